The third kappa shape index (κ3) is 2.67. The second kappa shape index (κ2) is 6.69. The van der Waals surface area contributed by atoms with E-state index in [0.29, 0.717) is 6.54 Å². The molecule has 1 saturated heterocycles. The Morgan fingerprint density at radius 3 is 2.04 bits per heavy atom. The number of hydrogen-bond donors (Lipinski definition) is 0. The summed E-state index contributed by atoms with van der Waals surface area (Å²) in [6, 6.07) is 20.0. The molecule has 4 heteroatoms. The average Bonchev–Trinajstić information content (AvgIpc) is 3.14. The molecule has 4 nitrogen and oxygen atoms in total. The molecule has 0 radical (unpaired) electrons. The first kappa shape index (κ1) is 17.5. The molecule has 2 unspecified atom stereocenters. The molecule has 0 aliphatic carbocycles. The zero-order valence-electron chi connectivity index (χ0n) is 15.9. The van der Waals surface area contributed by atoms with Gasteiger partial charge in [-0.25, -0.2) is 0 Å². The van der Waals surface area contributed by atoms with Crippen molar-refractivity contribution in [2.45, 2.75) is 38.8 Å². The summed E-state index contributed by atoms with van der Waals surface area (Å²) in [6.45, 7) is 6.77. The molecule has 2 aromatic carbocycles. The van der Waals surface area contributed by atoms with Gasteiger partial charge in [0.1, 0.15) is 11.5 Å². The Morgan fingerprint density at radius 1 is 1.00 bits per heavy atom. The maximum absolute atomic E-state index is 13.3. The Kier molecular flexibility index (Phi) is 4.34. The van der Waals surface area contributed by atoms with Gasteiger partial charge in [-0.2, -0.15) is 5.10 Å². The van der Waals surface area contributed by atoms with E-state index in [4.69, 9.17) is 4.74 Å². The van der Waals surface area contributed by atoms with E-state index in [-0.39, 0.29) is 18.0 Å². The minimum atomic E-state index is -0.802. The Hall–Kier alpha value is -2.88. The zero-order valence-corrected chi connectivity index (χ0v) is 15.9. The van der Waals surface area contributed by atoms with Gasteiger partial charge >= 0.3 is 5.97 Å². The largest absolute Gasteiger partial charge is 0.459 e. The minimum absolute atomic E-state index is 0.0290. The third-order valence-electron chi connectivity index (χ3n) is 5.98. The van der Waals surface area contributed by atoms with E-state index in [2.05, 4.69) is 12.0 Å². The minimum Gasteiger partial charge on any atom is -0.459 e. The molecule has 0 saturated carbocycles. The number of carbonyl (C=O) groups excluding carboxylic acids is 1. The van der Waals surface area contributed by atoms with Crippen LogP contribution in [0, 0.1) is 19.8 Å². The van der Waals surface area contributed by atoms with Crippen LogP contribution in [0.15, 0.2) is 66.9 Å². The lowest BCUT2D eigenvalue weighted by Crippen LogP contribution is -2.39. The number of benzene rings is 2. The zero-order chi connectivity index (χ0) is 19.0. The van der Waals surface area contributed by atoms with Crippen LogP contribution in [0.2, 0.25) is 0 Å². The highest BCUT2D eigenvalue weighted by atomic mass is 16.6. The molecule has 1 fully saturated rings. The monoisotopic (exact) mass is 360 g/mol. The first-order chi connectivity index (χ1) is 13.0. The number of cyclic esters (lactones) is 1. The normalized spacial score (nSPS) is 21.2. The molecule has 2 atom stereocenters. The fourth-order valence-corrected chi connectivity index (χ4v) is 4.22. The number of hydrogen-bond acceptors (Lipinski definition) is 3. The molecule has 27 heavy (non-hydrogen) atoms. The maximum Gasteiger partial charge on any atom is 0.321 e. The van der Waals surface area contributed by atoms with Crippen molar-refractivity contribution in [1.29, 1.82) is 0 Å². The summed E-state index contributed by atoms with van der Waals surface area (Å²) in [5, 5.41) is 4.46. The van der Waals surface area contributed by atoms with Crippen LogP contribution in [0.25, 0.3) is 0 Å². The molecule has 0 amide bonds. The molecule has 0 N–H and O–H groups in total. The summed E-state index contributed by atoms with van der Waals surface area (Å²) in [4.78, 5) is 13.3. The highest BCUT2D eigenvalue weighted by Gasteiger charge is 2.57. The second-order valence-electron chi connectivity index (χ2n) is 7.37. The summed E-state index contributed by atoms with van der Waals surface area (Å²) in [5.41, 5.74) is 3.40. The van der Waals surface area contributed by atoms with Crippen LogP contribution in [0.3, 0.4) is 0 Å². The molecule has 4 rings (SSSR count). The molecule has 3 aromatic rings. The van der Waals surface area contributed by atoms with Gasteiger partial charge in [0.25, 0.3) is 0 Å². The Morgan fingerprint density at radius 2 is 1.56 bits per heavy atom. The van der Waals surface area contributed by atoms with Gasteiger partial charge in [0.2, 0.25) is 0 Å². The van der Waals surface area contributed by atoms with Gasteiger partial charge in [-0.3, -0.25) is 9.48 Å². The fraction of sp³-hybridized carbons (Fsp3) is 0.304. The van der Waals surface area contributed by atoms with Crippen molar-refractivity contribution in [2.24, 2.45) is 5.92 Å². The van der Waals surface area contributed by atoms with E-state index < -0.39 is 5.41 Å². The fourth-order valence-electron chi connectivity index (χ4n) is 4.22. The van der Waals surface area contributed by atoms with E-state index in [1.165, 1.54) is 0 Å². The second-order valence-corrected chi connectivity index (χ2v) is 7.37. The lowest BCUT2D eigenvalue weighted by atomic mass is 9.66. The van der Waals surface area contributed by atoms with Gasteiger partial charge in [0.15, 0.2) is 0 Å². The molecule has 1 aromatic heterocycles. The molecule has 1 aliphatic heterocycles. The summed E-state index contributed by atoms with van der Waals surface area (Å²) >= 11 is 0. The standard InChI is InChI=1S/C23H24N2O2/c1-16-14-24-25(18(16)3)15-21-17(2)23(22(26)27-21,19-10-6-4-7-11-19)20-12-8-5-9-13-20/h4-14,17,21H,15H2,1-3H3. The smallest absolute Gasteiger partial charge is 0.321 e. The van der Waals surface area contributed by atoms with Crippen LogP contribution < -0.4 is 0 Å². The number of carbonyl (C=O) groups is 1. The average molecular weight is 360 g/mol. The van der Waals surface area contributed by atoms with Gasteiger partial charge in [0.05, 0.1) is 12.7 Å². The highest BCUT2D eigenvalue weighted by molar-refractivity contribution is 5.90. The van der Waals surface area contributed by atoms with Crippen molar-refractivity contribution >= 4 is 5.97 Å². The molecule has 138 valence electrons. The number of esters is 1. The van der Waals surface area contributed by atoms with Crippen LogP contribution >= 0.6 is 0 Å². The first-order valence-electron chi connectivity index (χ1n) is 9.36. The van der Waals surface area contributed by atoms with Crippen molar-refractivity contribution in [3.8, 4) is 0 Å². The van der Waals surface area contributed by atoms with Crippen molar-refractivity contribution in [3.63, 3.8) is 0 Å². The van der Waals surface area contributed by atoms with Crippen molar-refractivity contribution in [1.82, 2.24) is 9.78 Å². The van der Waals surface area contributed by atoms with E-state index in [1.807, 2.05) is 85.4 Å². The number of nitrogens with zero attached hydrogens (tertiary/aromatic N) is 2. The summed E-state index contributed by atoms with van der Waals surface area (Å²) < 4.78 is 7.91. The van der Waals surface area contributed by atoms with Gasteiger partial charge in [-0.1, -0.05) is 67.6 Å². The third-order valence-corrected chi connectivity index (χ3v) is 5.98. The van der Waals surface area contributed by atoms with Crippen LogP contribution in [0.1, 0.15) is 29.3 Å². The van der Waals surface area contributed by atoms with E-state index in [1.54, 1.807) is 0 Å². The van der Waals surface area contributed by atoms with E-state index in [0.717, 1.165) is 22.4 Å². The lowest BCUT2D eigenvalue weighted by molar-refractivity contribution is -0.145. The molecule has 2 heterocycles. The lowest BCUT2D eigenvalue weighted by Gasteiger charge is -2.31. The quantitative estimate of drug-likeness (QED) is 0.660. The number of ether oxygens (including phenoxy) is 1. The van der Waals surface area contributed by atoms with Crippen LogP contribution in [-0.2, 0) is 21.5 Å². The van der Waals surface area contributed by atoms with Crippen LogP contribution in [0.5, 0.6) is 0 Å². The molecule has 1 aliphatic rings. The van der Waals surface area contributed by atoms with Crippen molar-refractivity contribution in [3.05, 3.63) is 89.2 Å². The molecular weight excluding hydrogens is 336 g/mol. The van der Waals surface area contributed by atoms with Crippen molar-refractivity contribution in [2.75, 3.05) is 0 Å². The van der Waals surface area contributed by atoms with Gasteiger partial charge in [0, 0.05) is 11.6 Å². The molecule has 0 bridgehead atoms. The topological polar surface area (TPSA) is 44.1 Å². The summed E-state index contributed by atoms with van der Waals surface area (Å²) in [5.74, 6) is -0.211. The Labute approximate surface area is 159 Å². The van der Waals surface area contributed by atoms with Crippen molar-refractivity contribution < 1.29 is 9.53 Å². The predicted octanol–water partition coefficient (Wildman–Crippen LogP) is 4.05. The van der Waals surface area contributed by atoms with E-state index >= 15 is 0 Å². The Balaban J connectivity index is 1.80. The number of rotatable bonds is 4. The van der Waals surface area contributed by atoms with Crippen LogP contribution in [-0.4, -0.2) is 21.9 Å². The molecular formula is C23H24N2O2. The van der Waals surface area contributed by atoms with E-state index in [9.17, 15) is 4.79 Å². The summed E-state index contributed by atoms with van der Waals surface area (Å²) in [6.07, 6.45) is 1.62. The van der Waals surface area contributed by atoms with Crippen LogP contribution in [0.4, 0.5) is 0 Å². The summed E-state index contributed by atoms with van der Waals surface area (Å²) in [7, 11) is 0. The SMILES string of the molecule is Cc1cnn(CC2OC(=O)C(c3ccccc3)(c3ccccc3)C2C)c1C. The van der Waals surface area contributed by atoms with Gasteiger partial charge in [-0.15, -0.1) is 0 Å². The van der Waals surface area contributed by atoms with Gasteiger partial charge < -0.3 is 4.74 Å². The molecule has 0 spiro atoms. The first-order valence-corrected chi connectivity index (χ1v) is 9.36. The Bertz CT molecular complexity index is 908. The predicted molar refractivity (Wildman–Crippen MR) is 104 cm³/mol. The highest BCUT2D eigenvalue weighted by Crippen LogP contribution is 2.47. The number of aryl methyl sites for hydroxylation is 1. The maximum atomic E-state index is 13.3. The number of aromatic nitrogens is 2. The van der Waals surface area contributed by atoms with Gasteiger partial charge in [-0.05, 0) is 30.5 Å².